The van der Waals surface area contributed by atoms with E-state index in [-0.39, 0.29) is 24.5 Å². The molecule has 0 aromatic heterocycles. The Bertz CT molecular complexity index is 504. The SMILES string of the molecule is CCCNC(CCOc1cccc(C)c1[N+](=O)[O-])C(=O)O. The maximum absolute atomic E-state index is 11.1. The van der Waals surface area contributed by atoms with E-state index in [4.69, 9.17) is 9.84 Å². The molecule has 0 radical (unpaired) electrons. The number of nitrogens with one attached hydrogen (secondary N) is 1. The largest absolute Gasteiger partial charge is 0.487 e. The van der Waals surface area contributed by atoms with E-state index >= 15 is 0 Å². The molecule has 1 rings (SSSR count). The average molecular weight is 296 g/mol. The summed E-state index contributed by atoms with van der Waals surface area (Å²) in [6.45, 7) is 4.27. The first-order valence-electron chi connectivity index (χ1n) is 6.80. The Morgan fingerprint density at radius 2 is 2.24 bits per heavy atom. The van der Waals surface area contributed by atoms with Crippen molar-refractivity contribution in [1.29, 1.82) is 0 Å². The van der Waals surface area contributed by atoms with Gasteiger partial charge in [-0.1, -0.05) is 19.1 Å². The van der Waals surface area contributed by atoms with Gasteiger partial charge in [0, 0.05) is 12.0 Å². The number of nitro groups is 1. The lowest BCUT2D eigenvalue weighted by atomic mass is 10.2. The number of hydrogen-bond donors (Lipinski definition) is 2. The number of aliphatic carboxylic acids is 1. The number of carboxylic acid groups (broad SMARTS) is 1. The summed E-state index contributed by atoms with van der Waals surface area (Å²) in [6.07, 6.45) is 1.06. The Morgan fingerprint density at radius 3 is 2.81 bits per heavy atom. The number of nitrogens with zero attached hydrogens (tertiary/aromatic N) is 1. The first kappa shape index (κ1) is 16.9. The van der Waals surface area contributed by atoms with Crippen molar-refractivity contribution in [2.45, 2.75) is 32.7 Å². The van der Waals surface area contributed by atoms with Crippen LogP contribution in [0.25, 0.3) is 0 Å². The molecule has 7 heteroatoms. The number of nitro benzene ring substituents is 1. The first-order chi connectivity index (χ1) is 9.97. The quantitative estimate of drug-likeness (QED) is 0.534. The van der Waals surface area contributed by atoms with Gasteiger partial charge < -0.3 is 15.2 Å². The monoisotopic (exact) mass is 296 g/mol. The van der Waals surface area contributed by atoms with E-state index in [1.165, 1.54) is 6.07 Å². The van der Waals surface area contributed by atoms with Crippen LogP contribution >= 0.6 is 0 Å². The van der Waals surface area contributed by atoms with Gasteiger partial charge in [0.15, 0.2) is 5.75 Å². The minimum atomic E-state index is -0.953. The number of aryl methyl sites for hydroxylation is 1. The van der Waals surface area contributed by atoms with Crippen molar-refractivity contribution >= 4 is 11.7 Å². The highest BCUT2D eigenvalue weighted by Crippen LogP contribution is 2.30. The highest BCUT2D eigenvalue weighted by atomic mass is 16.6. The summed E-state index contributed by atoms with van der Waals surface area (Å²) in [5.41, 5.74) is 0.433. The van der Waals surface area contributed by atoms with Crippen molar-refractivity contribution < 1.29 is 19.6 Å². The zero-order valence-corrected chi connectivity index (χ0v) is 12.2. The summed E-state index contributed by atoms with van der Waals surface area (Å²) in [5, 5.41) is 23.0. The fraction of sp³-hybridized carbons (Fsp3) is 0.500. The summed E-state index contributed by atoms with van der Waals surface area (Å²) in [5.74, 6) is -0.787. The van der Waals surface area contributed by atoms with Crippen LogP contribution in [0.1, 0.15) is 25.3 Å². The molecule has 1 aromatic carbocycles. The number of para-hydroxylation sites is 1. The summed E-state index contributed by atoms with van der Waals surface area (Å²) in [6, 6.07) is 4.10. The number of carboxylic acids is 1. The second kappa shape index (κ2) is 8.21. The van der Waals surface area contributed by atoms with Crippen LogP contribution in [0.5, 0.6) is 5.75 Å². The standard InChI is InChI=1S/C14H20N2O5/c1-3-8-15-11(14(17)18)7-9-21-12-6-4-5-10(2)13(12)16(19)20/h4-6,11,15H,3,7-9H2,1-2H3,(H,17,18). The van der Waals surface area contributed by atoms with Crippen molar-refractivity contribution in [3.05, 3.63) is 33.9 Å². The van der Waals surface area contributed by atoms with Crippen molar-refractivity contribution in [1.82, 2.24) is 5.32 Å². The normalized spacial score (nSPS) is 11.9. The molecule has 1 unspecified atom stereocenters. The van der Waals surface area contributed by atoms with Gasteiger partial charge >= 0.3 is 11.7 Å². The van der Waals surface area contributed by atoms with E-state index in [0.29, 0.717) is 12.1 Å². The number of ether oxygens (including phenoxy) is 1. The van der Waals surface area contributed by atoms with Crippen molar-refractivity contribution in [2.24, 2.45) is 0 Å². The van der Waals surface area contributed by atoms with Crippen molar-refractivity contribution in [3.8, 4) is 5.75 Å². The van der Waals surface area contributed by atoms with E-state index in [1.54, 1.807) is 19.1 Å². The van der Waals surface area contributed by atoms with Gasteiger partial charge in [-0.2, -0.15) is 0 Å². The Balaban J connectivity index is 2.65. The molecule has 0 bridgehead atoms. The molecule has 2 N–H and O–H groups in total. The second-order valence-electron chi connectivity index (χ2n) is 4.66. The molecule has 0 amide bonds. The predicted octanol–water partition coefficient (Wildman–Crippen LogP) is 2.12. The minimum Gasteiger partial charge on any atom is -0.487 e. The molecule has 0 spiro atoms. The molecule has 7 nitrogen and oxygen atoms in total. The lowest BCUT2D eigenvalue weighted by molar-refractivity contribution is -0.386. The topological polar surface area (TPSA) is 102 Å². The highest BCUT2D eigenvalue weighted by molar-refractivity contribution is 5.73. The van der Waals surface area contributed by atoms with Gasteiger partial charge in [-0.05, 0) is 26.0 Å². The third kappa shape index (κ3) is 5.03. The van der Waals surface area contributed by atoms with Gasteiger partial charge in [0.2, 0.25) is 0 Å². The number of carbonyl (C=O) groups is 1. The predicted molar refractivity (Wildman–Crippen MR) is 77.7 cm³/mol. The third-order valence-corrected chi connectivity index (χ3v) is 2.99. The van der Waals surface area contributed by atoms with Gasteiger partial charge in [0.05, 0.1) is 11.5 Å². The summed E-state index contributed by atoms with van der Waals surface area (Å²) in [4.78, 5) is 21.6. The van der Waals surface area contributed by atoms with Gasteiger partial charge in [0.25, 0.3) is 0 Å². The molecule has 0 saturated carbocycles. The molecule has 21 heavy (non-hydrogen) atoms. The van der Waals surface area contributed by atoms with Gasteiger partial charge in [0.1, 0.15) is 6.04 Å². The molecule has 0 aliphatic rings. The molecule has 0 aliphatic carbocycles. The Morgan fingerprint density at radius 1 is 1.52 bits per heavy atom. The molecule has 0 saturated heterocycles. The van der Waals surface area contributed by atoms with Crippen LogP contribution in [-0.4, -0.2) is 35.2 Å². The summed E-state index contributed by atoms with van der Waals surface area (Å²) < 4.78 is 5.39. The van der Waals surface area contributed by atoms with E-state index in [1.807, 2.05) is 6.92 Å². The van der Waals surface area contributed by atoms with E-state index in [2.05, 4.69) is 5.32 Å². The fourth-order valence-corrected chi connectivity index (χ4v) is 1.90. The zero-order chi connectivity index (χ0) is 15.8. The van der Waals surface area contributed by atoms with Crippen LogP contribution in [0.15, 0.2) is 18.2 Å². The number of benzene rings is 1. The smallest absolute Gasteiger partial charge is 0.320 e. The third-order valence-electron chi connectivity index (χ3n) is 2.99. The molecule has 1 aromatic rings. The molecule has 0 heterocycles. The first-order valence-corrected chi connectivity index (χ1v) is 6.80. The van der Waals surface area contributed by atoms with E-state index < -0.39 is 16.9 Å². The van der Waals surface area contributed by atoms with Crippen LogP contribution in [-0.2, 0) is 4.79 Å². The second-order valence-corrected chi connectivity index (χ2v) is 4.66. The van der Waals surface area contributed by atoms with Gasteiger partial charge in [-0.25, -0.2) is 0 Å². The maximum atomic E-state index is 11.1. The van der Waals surface area contributed by atoms with Crippen molar-refractivity contribution in [2.75, 3.05) is 13.2 Å². The molecule has 116 valence electrons. The molecule has 0 aliphatic heterocycles. The van der Waals surface area contributed by atoms with Crippen LogP contribution in [0, 0.1) is 17.0 Å². The van der Waals surface area contributed by atoms with E-state index in [0.717, 1.165) is 6.42 Å². The highest BCUT2D eigenvalue weighted by Gasteiger charge is 2.20. The van der Waals surface area contributed by atoms with E-state index in [9.17, 15) is 14.9 Å². The summed E-state index contributed by atoms with van der Waals surface area (Å²) >= 11 is 0. The zero-order valence-electron chi connectivity index (χ0n) is 12.2. The molecular formula is C14H20N2O5. The van der Waals surface area contributed by atoms with Crippen LogP contribution in [0.3, 0.4) is 0 Å². The van der Waals surface area contributed by atoms with Crippen LogP contribution < -0.4 is 10.1 Å². The molecular weight excluding hydrogens is 276 g/mol. The average Bonchev–Trinajstić information content (AvgIpc) is 2.41. The number of rotatable bonds is 9. The summed E-state index contributed by atoms with van der Waals surface area (Å²) in [7, 11) is 0. The molecule has 1 atom stereocenters. The minimum absolute atomic E-state index is 0.0779. The van der Waals surface area contributed by atoms with Gasteiger partial charge in [-0.3, -0.25) is 14.9 Å². The van der Waals surface area contributed by atoms with Crippen LogP contribution in [0.4, 0.5) is 5.69 Å². The maximum Gasteiger partial charge on any atom is 0.320 e. The van der Waals surface area contributed by atoms with Crippen LogP contribution in [0.2, 0.25) is 0 Å². The van der Waals surface area contributed by atoms with Gasteiger partial charge in [-0.15, -0.1) is 0 Å². The van der Waals surface area contributed by atoms with Crippen molar-refractivity contribution in [3.63, 3.8) is 0 Å². The molecule has 0 fully saturated rings. The Hall–Kier alpha value is -2.15. The Labute approximate surface area is 123 Å². The number of hydrogen-bond acceptors (Lipinski definition) is 5. The lowest BCUT2D eigenvalue weighted by Gasteiger charge is -2.14. The lowest BCUT2D eigenvalue weighted by Crippen LogP contribution is -2.38. The fourth-order valence-electron chi connectivity index (χ4n) is 1.90. The Kier molecular flexibility index (Phi) is 6.61.